The SMILES string of the molecule is COc1ccc(-c2cc3ccc(I)c(-c4ccccc4)n3n2)cc1. The highest BCUT2D eigenvalue weighted by atomic mass is 127. The van der Waals surface area contributed by atoms with Gasteiger partial charge in [-0.1, -0.05) is 30.3 Å². The third kappa shape index (κ3) is 2.67. The first kappa shape index (κ1) is 15.2. The summed E-state index contributed by atoms with van der Waals surface area (Å²) in [6.07, 6.45) is 0. The van der Waals surface area contributed by atoms with Crippen LogP contribution in [0.5, 0.6) is 5.75 Å². The van der Waals surface area contributed by atoms with Gasteiger partial charge in [-0.05, 0) is 65.1 Å². The minimum atomic E-state index is 0.849. The second kappa shape index (κ2) is 6.28. The number of fused-ring (bicyclic) bond motifs is 1. The van der Waals surface area contributed by atoms with Crippen LogP contribution in [-0.4, -0.2) is 16.7 Å². The molecule has 2 aromatic carbocycles. The summed E-state index contributed by atoms with van der Waals surface area (Å²) in [5, 5.41) is 4.85. The second-order valence-corrected chi connectivity index (χ2v) is 6.65. The van der Waals surface area contributed by atoms with E-state index >= 15 is 0 Å². The van der Waals surface area contributed by atoms with E-state index in [0.717, 1.165) is 33.8 Å². The number of ether oxygens (including phenoxy) is 1. The first-order chi connectivity index (χ1) is 11.8. The molecule has 4 heteroatoms. The van der Waals surface area contributed by atoms with Crippen molar-refractivity contribution in [1.82, 2.24) is 9.61 Å². The summed E-state index contributed by atoms with van der Waals surface area (Å²) < 4.78 is 8.43. The number of nitrogens with zero attached hydrogens (tertiary/aromatic N) is 2. The zero-order chi connectivity index (χ0) is 16.5. The van der Waals surface area contributed by atoms with Gasteiger partial charge < -0.3 is 4.74 Å². The molecular weight excluding hydrogens is 411 g/mol. The van der Waals surface area contributed by atoms with E-state index < -0.39 is 0 Å². The second-order valence-electron chi connectivity index (χ2n) is 5.49. The Balaban J connectivity index is 1.89. The molecule has 0 aliphatic rings. The molecule has 24 heavy (non-hydrogen) atoms. The molecule has 4 rings (SSSR count). The molecule has 0 radical (unpaired) electrons. The van der Waals surface area contributed by atoms with E-state index in [1.165, 1.54) is 3.57 Å². The lowest BCUT2D eigenvalue weighted by Crippen LogP contribution is -1.97. The van der Waals surface area contributed by atoms with Crippen LogP contribution in [0.1, 0.15) is 0 Å². The highest BCUT2D eigenvalue weighted by Crippen LogP contribution is 2.29. The van der Waals surface area contributed by atoms with Crippen LogP contribution in [0.4, 0.5) is 0 Å². The van der Waals surface area contributed by atoms with Crippen molar-refractivity contribution in [1.29, 1.82) is 0 Å². The molecule has 0 saturated heterocycles. The molecule has 0 spiro atoms. The molecule has 118 valence electrons. The summed E-state index contributed by atoms with van der Waals surface area (Å²) in [6.45, 7) is 0. The standard InChI is InChI=1S/C20H15IN2O/c1-24-17-10-7-14(8-11-17)19-13-16-9-12-18(21)20(23(16)22-19)15-5-3-2-4-6-15/h2-13H,1H3. The van der Waals surface area contributed by atoms with Gasteiger partial charge in [0.2, 0.25) is 0 Å². The Morgan fingerprint density at radius 3 is 2.33 bits per heavy atom. The Morgan fingerprint density at radius 2 is 1.62 bits per heavy atom. The van der Waals surface area contributed by atoms with Crippen LogP contribution >= 0.6 is 22.6 Å². The Labute approximate surface area is 154 Å². The lowest BCUT2D eigenvalue weighted by molar-refractivity contribution is 0.415. The minimum Gasteiger partial charge on any atom is -0.497 e. The number of benzene rings is 2. The van der Waals surface area contributed by atoms with Gasteiger partial charge in [-0.25, -0.2) is 4.52 Å². The van der Waals surface area contributed by atoms with Gasteiger partial charge in [0.1, 0.15) is 5.75 Å². The topological polar surface area (TPSA) is 26.5 Å². The average Bonchev–Trinajstić information content (AvgIpc) is 3.06. The maximum atomic E-state index is 5.23. The number of aromatic nitrogens is 2. The van der Waals surface area contributed by atoms with E-state index in [2.05, 4.69) is 65.1 Å². The maximum Gasteiger partial charge on any atom is 0.118 e. The first-order valence-electron chi connectivity index (χ1n) is 7.64. The molecule has 0 aliphatic heterocycles. The maximum absolute atomic E-state index is 5.23. The predicted molar refractivity (Wildman–Crippen MR) is 105 cm³/mol. The van der Waals surface area contributed by atoms with E-state index in [4.69, 9.17) is 9.84 Å². The molecular formula is C20H15IN2O. The van der Waals surface area contributed by atoms with Gasteiger partial charge >= 0.3 is 0 Å². The number of hydrogen-bond donors (Lipinski definition) is 0. The van der Waals surface area contributed by atoms with Crippen LogP contribution in [0.3, 0.4) is 0 Å². The third-order valence-corrected chi connectivity index (χ3v) is 4.88. The Kier molecular flexibility index (Phi) is 3.98. The summed E-state index contributed by atoms with van der Waals surface area (Å²) in [5.41, 5.74) is 5.40. The van der Waals surface area contributed by atoms with Gasteiger partial charge in [0.15, 0.2) is 0 Å². The molecule has 0 saturated carbocycles. The Bertz CT molecular complexity index is 992. The molecule has 0 N–H and O–H groups in total. The average molecular weight is 426 g/mol. The van der Waals surface area contributed by atoms with Crippen molar-refractivity contribution in [3.63, 3.8) is 0 Å². The van der Waals surface area contributed by atoms with Crippen LogP contribution in [0.15, 0.2) is 72.8 Å². The molecule has 0 unspecified atom stereocenters. The molecule has 0 fully saturated rings. The van der Waals surface area contributed by atoms with Gasteiger partial charge in [0.05, 0.1) is 24.0 Å². The molecule has 4 aromatic rings. The highest BCUT2D eigenvalue weighted by molar-refractivity contribution is 14.1. The molecule has 0 aliphatic carbocycles. The van der Waals surface area contributed by atoms with Gasteiger partial charge in [0.25, 0.3) is 0 Å². The lowest BCUT2D eigenvalue weighted by Gasteiger charge is -2.07. The number of methoxy groups -OCH3 is 1. The molecule has 3 nitrogen and oxygen atoms in total. The van der Waals surface area contributed by atoms with Crippen LogP contribution in [0.25, 0.3) is 28.0 Å². The third-order valence-electron chi connectivity index (χ3n) is 4.01. The van der Waals surface area contributed by atoms with Crippen molar-refractivity contribution in [3.05, 3.63) is 76.4 Å². The smallest absolute Gasteiger partial charge is 0.118 e. The van der Waals surface area contributed by atoms with Crippen LogP contribution in [-0.2, 0) is 0 Å². The van der Waals surface area contributed by atoms with Crippen molar-refractivity contribution in [2.75, 3.05) is 7.11 Å². The van der Waals surface area contributed by atoms with Gasteiger partial charge in [-0.15, -0.1) is 0 Å². The van der Waals surface area contributed by atoms with Crippen LogP contribution in [0, 0.1) is 3.57 Å². The number of pyridine rings is 1. The Hall–Kier alpha value is -2.34. The van der Waals surface area contributed by atoms with Gasteiger partial charge in [-0.2, -0.15) is 5.10 Å². The predicted octanol–water partition coefficient (Wildman–Crippen LogP) is 5.28. The fraction of sp³-hybridized carbons (Fsp3) is 0.0500. The highest BCUT2D eigenvalue weighted by Gasteiger charge is 2.12. The summed E-state index contributed by atoms with van der Waals surface area (Å²) >= 11 is 2.37. The van der Waals surface area contributed by atoms with Crippen molar-refractivity contribution < 1.29 is 4.74 Å². The summed E-state index contributed by atoms with van der Waals surface area (Å²) in [5.74, 6) is 0.849. The first-order valence-corrected chi connectivity index (χ1v) is 8.72. The van der Waals surface area contributed by atoms with Gasteiger partial charge in [0, 0.05) is 14.7 Å². The van der Waals surface area contributed by atoms with Crippen molar-refractivity contribution >= 4 is 28.1 Å². The summed E-state index contributed by atoms with van der Waals surface area (Å²) in [7, 11) is 1.67. The minimum absolute atomic E-state index is 0.849. The lowest BCUT2D eigenvalue weighted by atomic mass is 10.1. The van der Waals surface area contributed by atoms with Crippen LogP contribution < -0.4 is 4.74 Å². The van der Waals surface area contributed by atoms with Crippen molar-refractivity contribution in [3.8, 4) is 28.3 Å². The Morgan fingerprint density at radius 1 is 0.875 bits per heavy atom. The van der Waals surface area contributed by atoms with Crippen molar-refractivity contribution in [2.45, 2.75) is 0 Å². The molecule has 2 aromatic heterocycles. The largest absolute Gasteiger partial charge is 0.497 e. The molecule has 0 bridgehead atoms. The number of halogens is 1. The summed E-state index contributed by atoms with van der Waals surface area (Å²) in [6, 6.07) is 24.7. The number of hydrogen-bond acceptors (Lipinski definition) is 2. The van der Waals surface area contributed by atoms with Gasteiger partial charge in [-0.3, -0.25) is 0 Å². The summed E-state index contributed by atoms with van der Waals surface area (Å²) in [4.78, 5) is 0. The van der Waals surface area contributed by atoms with E-state index in [-0.39, 0.29) is 0 Å². The van der Waals surface area contributed by atoms with E-state index in [1.807, 2.05) is 34.8 Å². The fourth-order valence-electron chi connectivity index (χ4n) is 2.79. The molecule has 0 amide bonds. The quantitative estimate of drug-likeness (QED) is 0.417. The van der Waals surface area contributed by atoms with Crippen molar-refractivity contribution in [2.24, 2.45) is 0 Å². The zero-order valence-corrected chi connectivity index (χ0v) is 15.3. The van der Waals surface area contributed by atoms with Crippen LogP contribution in [0.2, 0.25) is 0 Å². The number of rotatable bonds is 3. The zero-order valence-electron chi connectivity index (χ0n) is 13.1. The van der Waals surface area contributed by atoms with E-state index in [1.54, 1.807) is 7.11 Å². The molecule has 2 heterocycles. The monoisotopic (exact) mass is 426 g/mol. The normalized spacial score (nSPS) is 10.9. The molecule has 0 atom stereocenters. The van der Waals surface area contributed by atoms with E-state index in [0.29, 0.717) is 0 Å². The van der Waals surface area contributed by atoms with E-state index in [9.17, 15) is 0 Å². The fourth-order valence-corrected chi connectivity index (χ4v) is 3.51.